The van der Waals surface area contributed by atoms with E-state index in [1.54, 1.807) is 0 Å². The van der Waals surface area contributed by atoms with E-state index in [4.69, 9.17) is 5.73 Å². The average Bonchev–Trinajstić information content (AvgIpc) is 2.32. The van der Waals surface area contributed by atoms with Crippen molar-refractivity contribution in [3.05, 3.63) is 59.4 Å². The molecule has 17 heavy (non-hydrogen) atoms. The van der Waals surface area contributed by atoms with Crippen LogP contribution in [0.4, 0.5) is 13.2 Å². The Morgan fingerprint density at radius 1 is 0.824 bits per heavy atom. The monoisotopic (exact) mass is 237 g/mol. The van der Waals surface area contributed by atoms with E-state index in [9.17, 15) is 13.2 Å². The fourth-order valence-corrected chi connectivity index (χ4v) is 1.70. The van der Waals surface area contributed by atoms with Crippen molar-refractivity contribution < 1.29 is 13.2 Å². The molecule has 0 saturated carbocycles. The Morgan fingerprint density at radius 3 is 2.18 bits per heavy atom. The predicted octanol–water partition coefficient (Wildman–Crippen LogP) is 3.23. The molecule has 0 amide bonds. The van der Waals surface area contributed by atoms with Crippen molar-refractivity contribution in [2.75, 3.05) is 0 Å². The van der Waals surface area contributed by atoms with Gasteiger partial charge < -0.3 is 5.73 Å². The van der Waals surface area contributed by atoms with Crippen molar-refractivity contribution >= 4 is 0 Å². The van der Waals surface area contributed by atoms with Crippen LogP contribution in [-0.2, 0) is 6.54 Å². The SMILES string of the molecule is NCc1cc(F)ccc1-c1cc(F)ccc1F. The molecule has 0 unspecified atom stereocenters. The molecule has 0 heterocycles. The third-order valence-corrected chi connectivity index (χ3v) is 2.51. The minimum atomic E-state index is -0.562. The molecule has 0 aliphatic heterocycles. The highest BCUT2D eigenvalue weighted by Crippen LogP contribution is 2.27. The van der Waals surface area contributed by atoms with Crippen LogP contribution in [0.3, 0.4) is 0 Å². The number of nitrogens with two attached hydrogens (primary N) is 1. The van der Waals surface area contributed by atoms with Crippen LogP contribution in [0.5, 0.6) is 0 Å². The zero-order valence-corrected chi connectivity index (χ0v) is 8.88. The van der Waals surface area contributed by atoms with Gasteiger partial charge in [-0.2, -0.15) is 0 Å². The highest BCUT2D eigenvalue weighted by atomic mass is 19.1. The molecule has 0 saturated heterocycles. The predicted molar refractivity (Wildman–Crippen MR) is 59.6 cm³/mol. The van der Waals surface area contributed by atoms with Gasteiger partial charge in [-0.3, -0.25) is 0 Å². The largest absolute Gasteiger partial charge is 0.326 e. The van der Waals surface area contributed by atoms with Gasteiger partial charge in [-0.15, -0.1) is 0 Å². The summed E-state index contributed by atoms with van der Waals surface area (Å²) < 4.78 is 39.7. The molecule has 0 bridgehead atoms. The summed E-state index contributed by atoms with van der Waals surface area (Å²) in [6.45, 7) is 0.0586. The Morgan fingerprint density at radius 2 is 1.47 bits per heavy atom. The van der Waals surface area contributed by atoms with Gasteiger partial charge in [0.2, 0.25) is 0 Å². The van der Waals surface area contributed by atoms with Gasteiger partial charge in [-0.1, -0.05) is 6.07 Å². The molecule has 4 heteroatoms. The van der Waals surface area contributed by atoms with E-state index in [0.717, 1.165) is 18.2 Å². The van der Waals surface area contributed by atoms with Crippen molar-refractivity contribution in [1.82, 2.24) is 0 Å². The van der Waals surface area contributed by atoms with Crippen LogP contribution in [0, 0.1) is 17.5 Å². The first-order valence-corrected chi connectivity index (χ1v) is 5.05. The van der Waals surface area contributed by atoms with Gasteiger partial charge in [0.1, 0.15) is 17.5 Å². The lowest BCUT2D eigenvalue weighted by atomic mass is 9.99. The Bertz CT molecular complexity index is 552. The van der Waals surface area contributed by atoms with Gasteiger partial charge in [-0.05, 0) is 41.5 Å². The minimum Gasteiger partial charge on any atom is -0.326 e. The Balaban J connectivity index is 2.63. The number of rotatable bonds is 2. The lowest BCUT2D eigenvalue weighted by Gasteiger charge is -2.09. The summed E-state index contributed by atoms with van der Waals surface area (Å²) in [6, 6.07) is 6.95. The van der Waals surface area contributed by atoms with Crippen molar-refractivity contribution in [1.29, 1.82) is 0 Å². The Kier molecular flexibility index (Phi) is 3.15. The molecule has 0 radical (unpaired) electrons. The lowest BCUT2D eigenvalue weighted by Crippen LogP contribution is -2.01. The van der Waals surface area contributed by atoms with E-state index in [-0.39, 0.29) is 12.1 Å². The van der Waals surface area contributed by atoms with Crippen molar-refractivity contribution in [3.63, 3.8) is 0 Å². The molecular formula is C13H10F3N. The van der Waals surface area contributed by atoms with Crippen LogP contribution in [0.25, 0.3) is 11.1 Å². The number of halogens is 3. The molecule has 0 fully saturated rings. The Labute approximate surface area is 96.7 Å². The highest BCUT2D eigenvalue weighted by molar-refractivity contribution is 5.68. The van der Waals surface area contributed by atoms with Gasteiger partial charge >= 0.3 is 0 Å². The van der Waals surface area contributed by atoms with Crippen molar-refractivity contribution in [3.8, 4) is 11.1 Å². The maximum absolute atomic E-state index is 13.6. The molecule has 88 valence electrons. The normalized spacial score (nSPS) is 10.6. The van der Waals surface area contributed by atoms with Gasteiger partial charge in [0.15, 0.2) is 0 Å². The first kappa shape index (κ1) is 11.7. The van der Waals surface area contributed by atoms with E-state index in [2.05, 4.69) is 0 Å². The fraction of sp³-hybridized carbons (Fsp3) is 0.0769. The molecule has 2 N–H and O–H groups in total. The molecule has 2 rings (SSSR count). The number of hydrogen-bond acceptors (Lipinski definition) is 1. The second kappa shape index (κ2) is 4.59. The van der Waals surface area contributed by atoms with Crippen molar-refractivity contribution in [2.45, 2.75) is 6.54 Å². The molecule has 2 aromatic carbocycles. The fourth-order valence-electron chi connectivity index (χ4n) is 1.70. The van der Waals surface area contributed by atoms with E-state index in [1.165, 1.54) is 18.2 Å². The Hall–Kier alpha value is -1.81. The first-order valence-electron chi connectivity index (χ1n) is 5.05. The van der Waals surface area contributed by atoms with Crippen LogP contribution in [0.15, 0.2) is 36.4 Å². The van der Waals surface area contributed by atoms with Gasteiger partial charge in [0.25, 0.3) is 0 Å². The van der Waals surface area contributed by atoms with Crippen LogP contribution >= 0.6 is 0 Å². The van der Waals surface area contributed by atoms with Crippen LogP contribution < -0.4 is 5.73 Å². The van der Waals surface area contributed by atoms with Gasteiger partial charge in [0, 0.05) is 12.1 Å². The van der Waals surface area contributed by atoms with Crippen LogP contribution in [0.1, 0.15) is 5.56 Å². The number of benzene rings is 2. The second-order valence-corrected chi connectivity index (χ2v) is 3.63. The molecule has 0 spiro atoms. The lowest BCUT2D eigenvalue weighted by molar-refractivity contribution is 0.602. The molecule has 0 atom stereocenters. The smallest absolute Gasteiger partial charge is 0.131 e. The zero-order valence-electron chi connectivity index (χ0n) is 8.88. The minimum absolute atomic E-state index is 0.0586. The molecule has 2 aromatic rings. The third kappa shape index (κ3) is 2.31. The van der Waals surface area contributed by atoms with E-state index in [0.29, 0.717) is 11.1 Å². The number of hydrogen-bond donors (Lipinski definition) is 1. The molecule has 0 aliphatic carbocycles. The van der Waals surface area contributed by atoms with Crippen LogP contribution in [0.2, 0.25) is 0 Å². The standard InChI is InChI=1S/C13H10F3N/c14-9-1-3-11(8(5-9)7-17)12-6-10(15)2-4-13(12)16/h1-6H,7,17H2. The van der Waals surface area contributed by atoms with E-state index in [1.807, 2.05) is 0 Å². The van der Waals surface area contributed by atoms with Gasteiger partial charge in [-0.25, -0.2) is 13.2 Å². The average molecular weight is 237 g/mol. The maximum Gasteiger partial charge on any atom is 0.131 e. The summed E-state index contributed by atoms with van der Waals surface area (Å²) >= 11 is 0. The molecular weight excluding hydrogens is 227 g/mol. The van der Waals surface area contributed by atoms with Crippen LogP contribution in [-0.4, -0.2) is 0 Å². The maximum atomic E-state index is 13.6. The first-order chi connectivity index (χ1) is 8.11. The summed E-state index contributed by atoms with van der Waals surface area (Å²) in [5, 5.41) is 0. The molecule has 0 aromatic heterocycles. The third-order valence-electron chi connectivity index (χ3n) is 2.51. The summed E-state index contributed by atoms with van der Waals surface area (Å²) in [4.78, 5) is 0. The second-order valence-electron chi connectivity index (χ2n) is 3.63. The molecule has 0 aliphatic rings. The molecule has 1 nitrogen and oxygen atoms in total. The van der Waals surface area contributed by atoms with E-state index < -0.39 is 17.5 Å². The topological polar surface area (TPSA) is 26.0 Å². The van der Waals surface area contributed by atoms with Crippen molar-refractivity contribution in [2.24, 2.45) is 5.73 Å². The summed E-state index contributed by atoms with van der Waals surface area (Å²) in [6.07, 6.45) is 0. The highest BCUT2D eigenvalue weighted by Gasteiger charge is 2.11. The quantitative estimate of drug-likeness (QED) is 0.852. The summed E-state index contributed by atoms with van der Waals surface area (Å²) in [5.41, 5.74) is 6.40. The van der Waals surface area contributed by atoms with E-state index >= 15 is 0 Å². The summed E-state index contributed by atoms with van der Waals surface area (Å²) in [5.74, 6) is -1.56. The zero-order chi connectivity index (χ0) is 12.4. The van der Waals surface area contributed by atoms with Gasteiger partial charge in [0.05, 0.1) is 0 Å². The summed E-state index contributed by atoms with van der Waals surface area (Å²) in [7, 11) is 0.